The molecule has 0 amide bonds. The molecule has 2 heterocycles. The lowest BCUT2D eigenvalue weighted by Gasteiger charge is -2.26. The molecular formula is C12H17NO3S. The summed E-state index contributed by atoms with van der Waals surface area (Å²) in [6, 6.07) is 1.58. The van der Waals surface area contributed by atoms with E-state index in [1.165, 1.54) is 11.3 Å². The van der Waals surface area contributed by atoms with Gasteiger partial charge in [-0.25, -0.2) is 4.79 Å². The number of thiophene rings is 1. The van der Waals surface area contributed by atoms with Crippen molar-refractivity contribution in [2.75, 3.05) is 20.1 Å². The van der Waals surface area contributed by atoms with Crippen molar-refractivity contribution in [3.63, 3.8) is 0 Å². The molecule has 0 bridgehead atoms. The number of hydrogen-bond acceptors (Lipinski definition) is 4. The van der Waals surface area contributed by atoms with Crippen LogP contribution in [0, 0.1) is 0 Å². The van der Waals surface area contributed by atoms with Gasteiger partial charge in [0.1, 0.15) is 5.60 Å². The molecule has 1 aliphatic rings. The zero-order valence-electron chi connectivity index (χ0n) is 9.85. The van der Waals surface area contributed by atoms with Gasteiger partial charge in [-0.15, -0.1) is 11.3 Å². The summed E-state index contributed by atoms with van der Waals surface area (Å²) in [5.41, 5.74) is -0.714. The zero-order chi connectivity index (χ0) is 12.5. The molecule has 1 fully saturated rings. The SMILES string of the molecule is CN1CCCC(O)(c2sccc2C(=O)O)CC1. The maximum absolute atomic E-state index is 11.1. The van der Waals surface area contributed by atoms with Gasteiger partial charge in [0.15, 0.2) is 0 Å². The molecule has 1 atom stereocenters. The number of nitrogens with zero attached hydrogens (tertiary/aromatic N) is 1. The second-order valence-corrected chi connectivity index (χ2v) is 5.57. The zero-order valence-corrected chi connectivity index (χ0v) is 10.7. The number of aromatic carboxylic acids is 1. The predicted molar refractivity (Wildman–Crippen MR) is 66.5 cm³/mol. The molecule has 0 saturated carbocycles. The Bertz CT molecular complexity index is 418. The molecule has 2 rings (SSSR count). The molecule has 17 heavy (non-hydrogen) atoms. The van der Waals surface area contributed by atoms with Gasteiger partial charge in [-0.05, 0) is 44.3 Å². The molecule has 1 aromatic rings. The lowest BCUT2D eigenvalue weighted by molar-refractivity contribution is 0.0235. The van der Waals surface area contributed by atoms with Crippen molar-refractivity contribution in [2.45, 2.75) is 24.9 Å². The van der Waals surface area contributed by atoms with Crippen LogP contribution in [0.2, 0.25) is 0 Å². The topological polar surface area (TPSA) is 60.8 Å². The highest BCUT2D eigenvalue weighted by Gasteiger charge is 2.35. The van der Waals surface area contributed by atoms with Gasteiger partial charge in [-0.3, -0.25) is 0 Å². The van der Waals surface area contributed by atoms with E-state index in [0.29, 0.717) is 17.7 Å². The number of carboxylic acids is 1. The lowest BCUT2D eigenvalue weighted by atomic mass is 9.91. The molecule has 2 N–H and O–H groups in total. The van der Waals surface area contributed by atoms with Gasteiger partial charge in [0.2, 0.25) is 0 Å². The van der Waals surface area contributed by atoms with E-state index in [9.17, 15) is 9.90 Å². The quantitative estimate of drug-likeness (QED) is 0.845. The van der Waals surface area contributed by atoms with Gasteiger partial charge in [-0.1, -0.05) is 0 Å². The van der Waals surface area contributed by atoms with Crippen molar-refractivity contribution in [3.8, 4) is 0 Å². The second kappa shape index (κ2) is 4.76. The third-order valence-corrected chi connectivity index (χ3v) is 4.46. The van der Waals surface area contributed by atoms with Gasteiger partial charge in [0, 0.05) is 6.54 Å². The first-order chi connectivity index (χ1) is 8.03. The second-order valence-electron chi connectivity index (χ2n) is 4.66. The van der Waals surface area contributed by atoms with Crippen LogP contribution in [0.3, 0.4) is 0 Å². The summed E-state index contributed by atoms with van der Waals surface area (Å²) >= 11 is 1.34. The molecule has 1 saturated heterocycles. The Hall–Kier alpha value is -0.910. The normalized spacial score (nSPS) is 26.7. The minimum absolute atomic E-state index is 0.252. The molecule has 0 aromatic carbocycles. The third kappa shape index (κ3) is 2.51. The van der Waals surface area contributed by atoms with E-state index in [1.54, 1.807) is 11.4 Å². The van der Waals surface area contributed by atoms with Crippen LogP contribution in [0.4, 0.5) is 0 Å². The molecule has 0 spiro atoms. The Morgan fingerprint density at radius 1 is 1.47 bits per heavy atom. The fourth-order valence-electron chi connectivity index (χ4n) is 2.32. The minimum Gasteiger partial charge on any atom is -0.478 e. The molecular weight excluding hydrogens is 238 g/mol. The number of hydrogen-bond donors (Lipinski definition) is 2. The summed E-state index contributed by atoms with van der Waals surface area (Å²) < 4.78 is 0. The largest absolute Gasteiger partial charge is 0.478 e. The minimum atomic E-state index is -0.966. The Balaban J connectivity index is 2.30. The average molecular weight is 255 g/mol. The highest BCUT2D eigenvalue weighted by atomic mass is 32.1. The Morgan fingerprint density at radius 2 is 2.24 bits per heavy atom. The number of carboxylic acid groups (broad SMARTS) is 1. The summed E-state index contributed by atoms with van der Waals surface area (Å²) in [6.45, 7) is 1.75. The first-order valence-electron chi connectivity index (χ1n) is 5.75. The standard InChI is InChI=1S/C12H17NO3S/c1-13-6-2-4-12(16,5-7-13)10-9(11(14)15)3-8-17-10/h3,8,16H,2,4-7H2,1H3,(H,14,15). The average Bonchev–Trinajstić information content (AvgIpc) is 2.70. The Kier molecular flexibility index (Phi) is 3.51. The van der Waals surface area contributed by atoms with E-state index in [2.05, 4.69) is 4.90 Å². The van der Waals surface area contributed by atoms with Crippen molar-refractivity contribution in [3.05, 3.63) is 21.9 Å². The monoisotopic (exact) mass is 255 g/mol. The number of carbonyl (C=O) groups is 1. The highest BCUT2D eigenvalue weighted by molar-refractivity contribution is 7.10. The van der Waals surface area contributed by atoms with Crippen LogP contribution in [-0.4, -0.2) is 41.2 Å². The lowest BCUT2D eigenvalue weighted by Crippen LogP contribution is -2.28. The molecule has 0 aliphatic carbocycles. The fraction of sp³-hybridized carbons (Fsp3) is 0.583. The van der Waals surface area contributed by atoms with Crippen LogP contribution in [0.25, 0.3) is 0 Å². The maximum atomic E-state index is 11.1. The Morgan fingerprint density at radius 3 is 2.94 bits per heavy atom. The van der Waals surface area contributed by atoms with Crippen molar-refractivity contribution >= 4 is 17.3 Å². The third-order valence-electron chi connectivity index (χ3n) is 3.36. The maximum Gasteiger partial charge on any atom is 0.336 e. The van der Waals surface area contributed by atoms with E-state index in [1.807, 2.05) is 7.05 Å². The van der Waals surface area contributed by atoms with E-state index in [4.69, 9.17) is 5.11 Å². The van der Waals surface area contributed by atoms with Crippen LogP contribution in [0.5, 0.6) is 0 Å². The summed E-state index contributed by atoms with van der Waals surface area (Å²) in [5.74, 6) is -0.952. The van der Waals surface area contributed by atoms with Gasteiger partial charge in [-0.2, -0.15) is 0 Å². The smallest absolute Gasteiger partial charge is 0.336 e. The van der Waals surface area contributed by atoms with Gasteiger partial charge in [0.25, 0.3) is 0 Å². The summed E-state index contributed by atoms with van der Waals surface area (Å²) in [6.07, 6.45) is 2.13. The van der Waals surface area contributed by atoms with Crippen LogP contribution in [0.15, 0.2) is 11.4 Å². The summed E-state index contributed by atoms with van der Waals surface area (Å²) in [4.78, 5) is 13.9. The highest BCUT2D eigenvalue weighted by Crippen LogP contribution is 2.37. The van der Waals surface area contributed by atoms with Gasteiger partial charge in [0.05, 0.1) is 10.4 Å². The van der Waals surface area contributed by atoms with E-state index in [0.717, 1.165) is 19.5 Å². The molecule has 0 radical (unpaired) electrons. The molecule has 1 unspecified atom stereocenters. The van der Waals surface area contributed by atoms with Crippen LogP contribution in [0.1, 0.15) is 34.5 Å². The Labute approximate surface area is 104 Å². The predicted octanol–water partition coefficient (Wildman–Crippen LogP) is 1.75. The van der Waals surface area contributed by atoms with Crippen molar-refractivity contribution in [1.29, 1.82) is 0 Å². The molecule has 1 aliphatic heterocycles. The van der Waals surface area contributed by atoms with Gasteiger partial charge >= 0.3 is 5.97 Å². The van der Waals surface area contributed by atoms with Crippen molar-refractivity contribution in [1.82, 2.24) is 4.90 Å². The number of likely N-dealkylation sites (tertiary alicyclic amines) is 1. The first-order valence-corrected chi connectivity index (χ1v) is 6.63. The summed E-state index contributed by atoms with van der Waals surface area (Å²) in [7, 11) is 2.03. The van der Waals surface area contributed by atoms with Crippen molar-refractivity contribution in [2.24, 2.45) is 0 Å². The van der Waals surface area contributed by atoms with Crippen LogP contribution < -0.4 is 0 Å². The van der Waals surface area contributed by atoms with Crippen LogP contribution >= 0.6 is 11.3 Å². The fourth-order valence-corrected chi connectivity index (χ4v) is 3.37. The van der Waals surface area contributed by atoms with E-state index >= 15 is 0 Å². The molecule has 5 heteroatoms. The number of rotatable bonds is 2. The molecule has 94 valence electrons. The van der Waals surface area contributed by atoms with Gasteiger partial charge < -0.3 is 15.1 Å². The summed E-state index contributed by atoms with van der Waals surface area (Å²) in [5, 5.41) is 21.5. The van der Waals surface area contributed by atoms with Crippen molar-refractivity contribution < 1.29 is 15.0 Å². The van der Waals surface area contributed by atoms with E-state index in [-0.39, 0.29) is 5.56 Å². The van der Waals surface area contributed by atoms with Crippen LogP contribution in [-0.2, 0) is 5.60 Å². The molecule has 4 nitrogen and oxygen atoms in total. The molecule has 1 aromatic heterocycles. The van der Waals surface area contributed by atoms with E-state index < -0.39 is 11.6 Å². The number of aliphatic hydroxyl groups is 1. The first kappa shape index (κ1) is 12.5.